The van der Waals surface area contributed by atoms with Crippen LogP contribution in [0.5, 0.6) is 0 Å². The van der Waals surface area contributed by atoms with Crippen molar-refractivity contribution in [3.8, 4) is 0 Å². The number of aryl methyl sites for hydroxylation is 1. The van der Waals surface area contributed by atoms with Gasteiger partial charge in [-0.1, -0.05) is 76.3 Å². The maximum Gasteiger partial charge on any atom is 0.335 e. The topological polar surface area (TPSA) is 55.8 Å². The Balaban J connectivity index is 1.09. The second kappa shape index (κ2) is 18.4. The number of rotatable bonds is 16. The number of hydrogen-bond acceptors (Lipinski definition) is 4. The number of unbranched alkanes of at least 4 members (excludes halogenated alkanes) is 2. The molecule has 1 atom stereocenters. The van der Waals surface area contributed by atoms with Crippen molar-refractivity contribution in [1.29, 1.82) is 0 Å². The first-order valence-corrected chi connectivity index (χ1v) is 18.0. The molecule has 242 valence electrons. The predicted octanol–water partition coefficient (Wildman–Crippen LogP) is 9.44. The molecule has 0 aromatic heterocycles. The maximum absolute atomic E-state index is 12.0. The molecule has 4 heteroatoms. The molecule has 0 saturated heterocycles. The van der Waals surface area contributed by atoms with E-state index in [2.05, 4.69) is 37.8 Å². The molecule has 1 aromatic carbocycles. The summed E-state index contributed by atoms with van der Waals surface area (Å²) < 4.78 is 10.9. The second-order valence-electron chi connectivity index (χ2n) is 14.5. The van der Waals surface area contributed by atoms with Crippen molar-refractivity contribution >= 4 is 5.97 Å². The Morgan fingerprint density at radius 3 is 1.98 bits per heavy atom. The van der Waals surface area contributed by atoms with Crippen LogP contribution in [0, 0.1) is 35.5 Å². The molecule has 3 aliphatic carbocycles. The third-order valence-electron chi connectivity index (χ3n) is 11.7. The maximum atomic E-state index is 12.0. The fourth-order valence-corrected chi connectivity index (χ4v) is 8.71. The molecule has 0 amide bonds. The molecule has 1 unspecified atom stereocenters. The lowest BCUT2D eigenvalue weighted by molar-refractivity contribution is -0.142. The molecule has 1 aromatic rings. The van der Waals surface area contributed by atoms with Gasteiger partial charge in [0.2, 0.25) is 0 Å². The molecule has 0 spiro atoms. The molecule has 3 fully saturated rings. The van der Waals surface area contributed by atoms with Gasteiger partial charge in [-0.05, 0) is 124 Å². The van der Waals surface area contributed by atoms with Gasteiger partial charge in [-0.15, -0.1) is 0 Å². The average molecular weight is 595 g/mol. The summed E-state index contributed by atoms with van der Waals surface area (Å²) in [5, 5.41) is 9.13. The minimum atomic E-state index is -0.486. The standard InChI is InChI=1S/C39H62O4/c1-4-5-6-7-30-10-16-33(17-11-30)34-18-12-31(13-19-34)8-9-32-14-20-35(21-15-32)36-22-24-37(25-23-36)38(27-42-3)28-43-39(41)29(2)26-40/h10-11,16-17,31-32,34-38,40H,2,4-9,12-15,18-28H2,1,3H3. The highest BCUT2D eigenvalue weighted by Crippen LogP contribution is 2.45. The molecule has 3 saturated carbocycles. The number of esters is 1. The van der Waals surface area contributed by atoms with Crippen molar-refractivity contribution in [3.63, 3.8) is 0 Å². The van der Waals surface area contributed by atoms with Gasteiger partial charge < -0.3 is 14.6 Å². The van der Waals surface area contributed by atoms with Gasteiger partial charge in [0.15, 0.2) is 0 Å². The van der Waals surface area contributed by atoms with E-state index in [1.807, 2.05) is 0 Å². The summed E-state index contributed by atoms with van der Waals surface area (Å²) in [6, 6.07) is 9.67. The van der Waals surface area contributed by atoms with Crippen LogP contribution in [-0.4, -0.2) is 38.0 Å². The fraction of sp³-hybridized carbons (Fsp3) is 0.769. The second-order valence-corrected chi connectivity index (χ2v) is 14.5. The monoisotopic (exact) mass is 594 g/mol. The Morgan fingerprint density at radius 1 is 0.837 bits per heavy atom. The molecule has 1 N–H and O–H groups in total. The molecule has 4 rings (SSSR count). The van der Waals surface area contributed by atoms with Crippen molar-refractivity contribution in [2.24, 2.45) is 35.5 Å². The Hall–Kier alpha value is -1.65. The predicted molar refractivity (Wildman–Crippen MR) is 177 cm³/mol. The largest absolute Gasteiger partial charge is 0.462 e. The highest BCUT2D eigenvalue weighted by Gasteiger charge is 2.34. The van der Waals surface area contributed by atoms with Gasteiger partial charge in [-0.25, -0.2) is 4.79 Å². The van der Waals surface area contributed by atoms with E-state index < -0.39 is 5.97 Å². The van der Waals surface area contributed by atoms with E-state index in [4.69, 9.17) is 14.6 Å². The molecule has 4 nitrogen and oxygen atoms in total. The normalized spacial score (nSPS) is 28.7. The summed E-state index contributed by atoms with van der Waals surface area (Å²) in [4.78, 5) is 12.0. The number of carbonyl (C=O) groups is 1. The van der Waals surface area contributed by atoms with Crippen molar-refractivity contribution in [3.05, 3.63) is 47.5 Å². The van der Waals surface area contributed by atoms with Crippen LogP contribution in [0.3, 0.4) is 0 Å². The number of ether oxygens (including phenoxy) is 2. The molecular formula is C39H62O4. The van der Waals surface area contributed by atoms with Crippen molar-refractivity contribution < 1.29 is 19.4 Å². The van der Waals surface area contributed by atoms with Gasteiger partial charge in [0, 0.05) is 13.0 Å². The minimum Gasteiger partial charge on any atom is -0.462 e. The molecule has 0 bridgehead atoms. The highest BCUT2D eigenvalue weighted by atomic mass is 16.5. The summed E-state index contributed by atoms with van der Waals surface area (Å²) in [5.74, 6) is 4.78. The number of methoxy groups -OCH3 is 1. The molecular weight excluding hydrogens is 532 g/mol. The third-order valence-corrected chi connectivity index (χ3v) is 11.7. The van der Waals surface area contributed by atoms with E-state index in [0.29, 0.717) is 19.1 Å². The van der Waals surface area contributed by atoms with Crippen LogP contribution >= 0.6 is 0 Å². The lowest BCUT2D eigenvalue weighted by Gasteiger charge is -2.40. The molecule has 3 aliphatic rings. The lowest BCUT2D eigenvalue weighted by Crippen LogP contribution is -2.32. The molecule has 0 aliphatic heterocycles. The van der Waals surface area contributed by atoms with Crippen LogP contribution in [0.15, 0.2) is 36.4 Å². The highest BCUT2D eigenvalue weighted by molar-refractivity contribution is 5.87. The Bertz CT molecular complexity index is 930. The number of carbonyl (C=O) groups excluding carboxylic acids is 1. The van der Waals surface area contributed by atoms with E-state index in [0.717, 1.165) is 29.6 Å². The average Bonchev–Trinajstić information content (AvgIpc) is 3.06. The van der Waals surface area contributed by atoms with Gasteiger partial charge in [0.25, 0.3) is 0 Å². The van der Waals surface area contributed by atoms with E-state index in [-0.39, 0.29) is 18.1 Å². The number of hydrogen-bond donors (Lipinski definition) is 1. The van der Waals surface area contributed by atoms with Gasteiger partial charge in [-0.2, -0.15) is 0 Å². The fourth-order valence-electron chi connectivity index (χ4n) is 8.71. The first-order valence-electron chi connectivity index (χ1n) is 18.0. The Kier molecular flexibility index (Phi) is 14.6. The summed E-state index contributed by atoms with van der Waals surface area (Å²) in [6.07, 6.45) is 24.6. The van der Waals surface area contributed by atoms with Crippen LogP contribution in [0.25, 0.3) is 0 Å². The molecule has 0 radical (unpaired) electrons. The van der Waals surface area contributed by atoms with Gasteiger partial charge in [0.1, 0.15) is 0 Å². The Morgan fingerprint density at radius 2 is 1.42 bits per heavy atom. The first kappa shape index (κ1) is 34.2. The quantitative estimate of drug-likeness (QED) is 0.118. The van der Waals surface area contributed by atoms with Gasteiger partial charge in [-0.3, -0.25) is 0 Å². The summed E-state index contributed by atoms with van der Waals surface area (Å²) in [5.41, 5.74) is 3.23. The van der Waals surface area contributed by atoms with Gasteiger partial charge >= 0.3 is 5.97 Å². The van der Waals surface area contributed by atoms with Crippen molar-refractivity contribution in [1.82, 2.24) is 0 Å². The molecule has 43 heavy (non-hydrogen) atoms. The third kappa shape index (κ3) is 10.7. The van der Waals surface area contributed by atoms with Crippen LogP contribution < -0.4 is 0 Å². The van der Waals surface area contributed by atoms with Crippen LogP contribution in [0.2, 0.25) is 0 Å². The first-order chi connectivity index (χ1) is 21.0. The van der Waals surface area contributed by atoms with E-state index in [1.54, 1.807) is 12.7 Å². The zero-order chi connectivity index (χ0) is 30.4. The minimum absolute atomic E-state index is 0.122. The van der Waals surface area contributed by atoms with Gasteiger partial charge in [0.05, 0.1) is 25.4 Å². The van der Waals surface area contributed by atoms with E-state index in [1.165, 1.54) is 121 Å². The Labute approximate surface area is 263 Å². The van der Waals surface area contributed by atoms with E-state index in [9.17, 15) is 4.79 Å². The van der Waals surface area contributed by atoms with Crippen molar-refractivity contribution in [2.45, 2.75) is 128 Å². The van der Waals surface area contributed by atoms with E-state index >= 15 is 0 Å². The summed E-state index contributed by atoms with van der Waals surface area (Å²) in [6.45, 7) is 6.49. The number of aliphatic hydroxyl groups is 1. The van der Waals surface area contributed by atoms with Crippen LogP contribution in [0.1, 0.15) is 133 Å². The SMILES string of the molecule is C=C(CO)C(=O)OCC(COC)C1CCC(C2CCC(CCC3CCC(c4ccc(CCCCC)cc4)CC3)CC2)CC1. The van der Waals surface area contributed by atoms with Crippen LogP contribution in [0.4, 0.5) is 0 Å². The summed E-state index contributed by atoms with van der Waals surface area (Å²) >= 11 is 0. The zero-order valence-electron chi connectivity index (χ0n) is 27.6. The van der Waals surface area contributed by atoms with Crippen molar-refractivity contribution in [2.75, 3.05) is 26.9 Å². The molecule has 0 heterocycles. The number of benzene rings is 1. The lowest BCUT2D eigenvalue weighted by atomic mass is 9.67. The number of aliphatic hydroxyl groups excluding tert-OH is 1. The smallest absolute Gasteiger partial charge is 0.335 e. The zero-order valence-corrected chi connectivity index (χ0v) is 27.6. The van der Waals surface area contributed by atoms with Crippen LogP contribution in [-0.2, 0) is 20.7 Å². The summed E-state index contributed by atoms with van der Waals surface area (Å²) in [7, 11) is 1.73.